The minimum absolute atomic E-state index is 0.0259. The van der Waals surface area contributed by atoms with Crippen LogP contribution in [0.4, 0.5) is 29.3 Å². The number of carbonyl (C=O) groups excluding carboxylic acids is 2. The van der Waals surface area contributed by atoms with Crippen LogP contribution in [0.1, 0.15) is 16.1 Å². The van der Waals surface area contributed by atoms with Gasteiger partial charge in [0, 0.05) is 29.5 Å². The van der Waals surface area contributed by atoms with Crippen LogP contribution in [0, 0.1) is 0 Å². The van der Waals surface area contributed by atoms with Crippen molar-refractivity contribution >= 4 is 39.2 Å². The van der Waals surface area contributed by atoms with Gasteiger partial charge >= 0.3 is 12.2 Å². The number of alkyl halides is 3. The highest BCUT2D eigenvalue weighted by Gasteiger charge is 2.33. The van der Waals surface area contributed by atoms with Gasteiger partial charge in [-0.25, -0.2) is 4.79 Å². The number of hydrazine groups is 1. The molecule has 0 bridgehead atoms. The molecule has 0 saturated carbocycles. The monoisotopic (exact) mass is 523 g/mol. The number of urea groups is 1. The van der Waals surface area contributed by atoms with Gasteiger partial charge < -0.3 is 15.4 Å². The van der Waals surface area contributed by atoms with E-state index in [0.717, 1.165) is 6.07 Å². The molecule has 3 aromatic rings. The van der Waals surface area contributed by atoms with E-state index in [2.05, 4.69) is 42.4 Å². The van der Waals surface area contributed by atoms with Crippen molar-refractivity contribution in [2.75, 3.05) is 17.8 Å². The van der Waals surface area contributed by atoms with Crippen molar-refractivity contribution in [3.8, 4) is 11.5 Å². The first-order chi connectivity index (χ1) is 15.7. The van der Waals surface area contributed by atoms with Crippen molar-refractivity contribution in [3.05, 3.63) is 76.5 Å². The van der Waals surface area contributed by atoms with E-state index in [1.165, 1.54) is 31.4 Å². The van der Waals surface area contributed by atoms with Gasteiger partial charge in [0.2, 0.25) is 0 Å². The number of ether oxygens (including phenoxy) is 1. The average molecular weight is 524 g/mol. The molecular formula is C21H17BrF3N5O3. The predicted octanol–water partition coefficient (Wildman–Crippen LogP) is 5.16. The van der Waals surface area contributed by atoms with Crippen molar-refractivity contribution in [2.24, 2.45) is 0 Å². The molecule has 8 nitrogen and oxygen atoms in total. The number of carbonyl (C=O) groups is 2. The highest BCUT2D eigenvalue weighted by molar-refractivity contribution is 9.10. The zero-order valence-electron chi connectivity index (χ0n) is 17.0. The lowest BCUT2D eigenvalue weighted by Gasteiger charge is -2.13. The second-order valence-corrected chi connectivity index (χ2v) is 7.33. The van der Waals surface area contributed by atoms with Crippen molar-refractivity contribution in [1.82, 2.24) is 15.7 Å². The standard InChI is InChI=1S/C21H17BrF3N5O3/c1-26-19(31)18-11-15(8-9-27-18)33-14-5-2-12(3-6-14)29-30-20(32)28-13-4-7-17(22)16(10-13)21(23,24)25/h2-11,29H,1H3,(H,26,31)(H2,28,30,32). The minimum Gasteiger partial charge on any atom is -0.457 e. The van der Waals surface area contributed by atoms with E-state index in [9.17, 15) is 22.8 Å². The summed E-state index contributed by atoms with van der Waals surface area (Å²) in [5.74, 6) is 0.533. The van der Waals surface area contributed by atoms with Crippen LogP contribution in [0.15, 0.2) is 65.3 Å². The van der Waals surface area contributed by atoms with Gasteiger partial charge in [-0.05, 0) is 48.5 Å². The van der Waals surface area contributed by atoms with Crippen LogP contribution in [-0.4, -0.2) is 24.0 Å². The molecule has 3 amide bonds. The maximum Gasteiger partial charge on any atom is 0.417 e. The van der Waals surface area contributed by atoms with Gasteiger partial charge in [0.15, 0.2) is 0 Å². The fraction of sp³-hybridized carbons (Fsp3) is 0.0952. The highest BCUT2D eigenvalue weighted by Crippen LogP contribution is 2.36. The van der Waals surface area contributed by atoms with E-state index in [4.69, 9.17) is 4.74 Å². The Morgan fingerprint density at radius 2 is 1.67 bits per heavy atom. The summed E-state index contributed by atoms with van der Waals surface area (Å²) in [5, 5.41) is 4.79. The molecule has 172 valence electrons. The third-order valence-electron chi connectivity index (χ3n) is 4.13. The van der Waals surface area contributed by atoms with Crippen molar-refractivity contribution < 1.29 is 27.5 Å². The second-order valence-electron chi connectivity index (χ2n) is 6.48. The molecule has 33 heavy (non-hydrogen) atoms. The van der Waals surface area contributed by atoms with Gasteiger partial charge in [0.1, 0.15) is 17.2 Å². The van der Waals surface area contributed by atoms with Crippen molar-refractivity contribution in [3.63, 3.8) is 0 Å². The smallest absolute Gasteiger partial charge is 0.417 e. The van der Waals surface area contributed by atoms with E-state index < -0.39 is 17.8 Å². The fourth-order valence-electron chi connectivity index (χ4n) is 2.58. The summed E-state index contributed by atoms with van der Waals surface area (Å²) >= 11 is 2.84. The minimum atomic E-state index is -4.56. The molecule has 0 unspecified atom stereocenters. The summed E-state index contributed by atoms with van der Waals surface area (Å²) in [6, 6.07) is 12.1. The number of hydrogen-bond donors (Lipinski definition) is 4. The number of pyridine rings is 1. The van der Waals surface area contributed by atoms with E-state index in [1.807, 2.05) is 0 Å². The van der Waals surface area contributed by atoms with E-state index in [1.54, 1.807) is 30.3 Å². The molecule has 0 fully saturated rings. The van der Waals surface area contributed by atoms with Gasteiger partial charge in [-0.2, -0.15) is 13.2 Å². The van der Waals surface area contributed by atoms with E-state index >= 15 is 0 Å². The lowest BCUT2D eigenvalue weighted by atomic mass is 10.2. The summed E-state index contributed by atoms with van der Waals surface area (Å²) in [4.78, 5) is 27.6. The van der Waals surface area contributed by atoms with E-state index in [0.29, 0.717) is 17.2 Å². The molecule has 4 N–H and O–H groups in total. The molecule has 12 heteroatoms. The molecule has 0 atom stereocenters. The second kappa shape index (κ2) is 10.2. The van der Waals surface area contributed by atoms with Crippen molar-refractivity contribution in [1.29, 1.82) is 0 Å². The summed E-state index contributed by atoms with van der Waals surface area (Å²) in [6.45, 7) is 0. The Kier molecular flexibility index (Phi) is 7.38. The summed E-state index contributed by atoms with van der Waals surface area (Å²) in [5.41, 5.74) is 4.73. The third kappa shape index (κ3) is 6.59. The molecule has 0 aliphatic carbocycles. The topological polar surface area (TPSA) is 104 Å². The molecule has 1 heterocycles. The predicted molar refractivity (Wildman–Crippen MR) is 119 cm³/mol. The first-order valence-electron chi connectivity index (χ1n) is 9.31. The largest absolute Gasteiger partial charge is 0.457 e. The normalized spacial score (nSPS) is 10.8. The van der Waals surface area contributed by atoms with Crippen LogP contribution >= 0.6 is 15.9 Å². The first kappa shape index (κ1) is 23.9. The number of halogens is 4. The molecular weight excluding hydrogens is 507 g/mol. The van der Waals surface area contributed by atoms with E-state index in [-0.39, 0.29) is 21.8 Å². The van der Waals surface area contributed by atoms with Crippen LogP contribution < -0.4 is 26.2 Å². The quantitative estimate of drug-likeness (QED) is 0.334. The molecule has 3 rings (SSSR count). The molecule has 0 aliphatic rings. The summed E-state index contributed by atoms with van der Waals surface area (Å²) < 4.78 is 44.5. The van der Waals surface area contributed by atoms with Crippen LogP contribution in [-0.2, 0) is 6.18 Å². The van der Waals surface area contributed by atoms with Gasteiger partial charge in [-0.3, -0.25) is 20.6 Å². The molecule has 1 aromatic heterocycles. The van der Waals surface area contributed by atoms with Gasteiger partial charge in [0.25, 0.3) is 5.91 Å². The Balaban J connectivity index is 1.55. The lowest BCUT2D eigenvalue weighted by molar-refractivity contribution is -0.138. The summed E-state index contributed by atoms with van der Waals surface area (Å²) in [7, 11) is 1.50. The third-order valence-corrected chi connectivity index (χ3v) is 4.82. The first-order valence-corrected chi connectivity index (χ1v) is 10.1. The summed E-state index contributed by atoms with van der Waals surface area (Å²) in [6.07, 6.45) is -3.11. The Morgan fingerprint density at radius 1 is 0.970 bits per heavy atom. The van der Waals surface area contributed by atoms with Gasteiger partial charge in [0.05, 0.1) is 11.3 Å². The number of anilines is 2. The number of aromatic nitrogens is 1. The maximum absolute atomic E-state index is 13.0. The highest BCUT2D eigenvalue weighted by atomic mass is 79.9. The number of hydrogen-bond acceptors (Lipinski definition) is 5. The number of rotatable bonds is 6. The Bertz CT molecular complexity index is 1160. The molecule has 0 saturated heterocycles. The molecule has 2 aromatic carbocycles. The van der Waals surface area contributed by atoms with Crippen LogP contribution in [0.5, 0.6) is 11.5 Å². The van der Waals surface area contributed by atoms with Gasteiger partial charge in [-0.1, -0.05) is 15.9 Å². The number of nitrogens with zero attached hydrogens (tertiary/aromatic N) is 1. The number of amides is 3. The van der Waals surface area contributed by atoms with Gasteiger partial charge in [-0.15, -0.1) is 0 Å². The molecule has 0 aliphatic heterocycles. The molecule has 0 radical (unpaired) electrons. The number of benzene rings is 2. The van der Waals surface area contributed by atoms with Crippen LogP contribution in [0.3, 0.4) is 0 Å². The Morgan fingerprint density at radius 3 is 2.33 bits per heavy atom. The lowest BCUT2D eigenvalue weighted by Crippen LogP contribution is -2.33. The average Bonchev–Trinajstić information content (AvgIpc) is 2.79. The Labute approximate surface area is 194 Å². The van der Waals surface area contributed by atoms with Crippen LogP contribution in [0.2, 0.25) is 0 Å². The fourth-order valence-corrected chi connectivity index (χ4v) is 3.05. The van der Waals surface area contributed by atoms with Crippen LogP contribution in [0.25, 0.3) is 0 Å². The molecule has 0 spiro atoms. The SMILES string of the molecule is CNC(=O)c1cc(Oc2ccc(NNC(=O)Nc3ccc(Br)c(C(F)(F)F)c3)cc2)ccn1. The number of nitrogens with one attached hydrogen (secondary N) is 4. The zero-order chi connectivity index (χ0) is 24.0. The zero-order valence-corrected chi connectivity index (χ0v) is 18.5. The van der Waals surface area contributed by atoms with Crippen molar-refractivity contribution in [2.45, 2.75) is 6.18 Å². The maximum atomic E-state index is 13.0. The Hall–Kier alpha value is -3.80.